The third-order valence-electron chi connectivity index (χ3n) is 2.34. The summed E-state index contributed by atoms with van der Waals surface area (Å²) in [6.45, 7) is 5.55. The molecule has 0 aliphatic rings. The molecule has 0 bridgehead atoms. The summed E-state index contributed by atoms with van der Waals surface area (Å²) in [6.07, 6.45) is 3.45. The van der Waals surface area contributed by atoms with Gasteiger partial charge in [0.15, 0.2) is 0 Å². The van der Waals surface area contributed by atoms with E-state index in [0.29, 0.717) is 0 Å². The van der Waals surface area contributed by atoms with Gasteiger partial charge >= 0.3 is 5.97 Å². The van der Waals surface area contributed by atoms with Crippen LogP contribution in [0.25, 0.3) is 6.08 Å². The number of rotatable bonds is 4. The number of nitro groups is 1. The van der Waals surface area contributed by atoms with Crippen LogP contribution >= 0.6 is 0 Å². The molecule has 0 atom stereocenters. The van der Waals surface area contributed by atoms with Gasteiger partial charge in [-0.15, -0.1) is 0 Å². The molecule has 0 saturated carbocycles. The highest BCUT2D eigenvalue weighted by molar-refractivity contribution is 5.75. The lowest BCUT2D eigenvalue weighted by Gasteiger charge is -2.15. The molecular formula is C14H17NO4. The van der Waals surface area contributed by atoms with Crippen LogP contribution in [0.4, 0.5) is 5.69 Å². The molecule has 1 aromatic carbocycles. The molecule has 0 spiro atoms. The fraction of sp³-hybridized carbons (Fsp3) is 0.357. The first kappa shape index (κ1) is 14.9. The normalized spacial score (nSPS) is 11.5. The second kappa shape index (κ2) is 6.13. The van der Waals surface area contributed by atoms with Crippen LogP contribution in [0.15, 0.2) is 30.3 Å². The molecule has 5 nitrogen and oxygen atoms in total. The summed E-state index contributed by atoms with van der Waals surface area (Å²) in [4.78, 5) is 21.5. The van der Waals surface area contributed by atoms with Crippen LogP contribution in [0.2, 0.25) is 0 Å². The minimum atomic E-state index is -0.513. The SMILES string of the molecule is CC(C)(C)C(=O)OC/C=C/c1ccc([N+](=O)[O-])cc1. The Bertz CT molecular complexity index is 483. The highest BCUT2D eigenvalue weighted by Gasteiger charge is 2.22. The van der Waals surface area contributed by atoms with E-state index < -0.39 is 10.3 Å². The van der Waals surface area contributed by atoms with Crippen LogP contribution < -0.4 is 0 Å². The van der Waals surface area contributed by atoms with Crippen LogP contribution in [-0.4, -0.2) is 17.5 Å². The van der Waals surface area contributed by atoms with Crippen molar-refractivity contribution in [1.29, 1.82) is 0 Å². The number of esters is 1. The van der Waals surface area contributed by atoms with Crippen molar-refractivity contribution in [2.45, 2.75) is 20.8 Å². The molecule has 19 heavy (non-hydrogen) atoms. The van der Waals surface area contributed by atoms with Crippen molar-refractivity contribution in [3.8, 4) is 0 Å². The maximum absolute atomic E-state index is 11.5. The largest absolute Gasteiger partial charge is 0.461 e. The molecule has 0 aliphatic heterocycles. The first-order chi connectivity index (χ1) is 8.80. The number of hydrogen-bond donors (Lipinski definition) is 0. The Kier molecular flexibility index (Phi) is 4.80. The van der Waals surface area contributed by atoms with Crippen LogP contribution in [0.3, 0.4) is 0 Å². The number of carbonyl (C=O) groups is 1. The third-order valence-corrected chi connectivity index (χ3v) is 2.34. The van der Waals surface area contributed by atoms with Crippen LogP contribution in [0.5, 0.6) is 0 Å². The zero-order valence-corrected chi connectivity index (χ0v) is 11.3. The highest BCUT2D eigenvalue weighted by atomic mass is 16.6. The molecule has 1 rings (SSSR count). The van der Waals surface area contributed by atoms with Crippen molar-refractivity contribution in [3.05, 3.63) is 46.0 Å². The van der Waals surface area contributed by atoms with Gasteiger partial charge < -0.3 is 4.74 Å². The van der Waals surface area contributed by atoms with E-state index in [0.717, 1.165) is 5.56 Å². The Morgan fingerprint density at radius 3 is 2.37 bits per heavy atom. The lowest BCUT2D eigenvalue weighted by atomic mass is 9.97. The Morgan fingerprint density at radius 2 is 1.89 bits per heavy atom. The van der Waals surface area contributed by atoms with Gasteiger partial charge in [0, 0.05) is 12.1 Å². The molecule has 0 amide bonds. The smallest absolute Gasteiger partial charge is 0.311 e. The molecule has 5 heteroatoms. The van der Waals surface area contributed by atoms with Crippen LogP contribution in [-0.2, 0) is 9.53 Å². The van der Waals surface area contributed by atoms with Crippen LogP contribution in [0.1, 0.15) is 26.3 Å². The minimum Gasteiger partial charge on any atom is -0.461 e. The summed E-state index contributed by atoms with van der Waals surface area (Å²) in [6, 6.07) is 6.14. The average Bonchev–Trinajstić information content (AvgIpc) is 2.33. The Balaban J connectivity index is 2.49. The third kappa shape index (κ3) is 4.91. The van der Waals surface area contributed by atoms with Gasteiger partial charge in [-0.25, -0.2) is 0 Å². The first-order valence-electron chi connectivity index (χ1n) is 5.89. The minimum absolute atomic E-state index is 0.0521. The Morgan fingerprint density at radius 1 is 1.32 bits per heavy atom. The van der Waals surface area contributed by atoms with Gasteiger partial charge in [-0.3, -0.25) is 14.9 Å². The fourth-order valence-corrected chi connectivity index (χ4v) is 1.23. The molecule has 0 fully saturated rings. The Labute approximate surface area is 112 Å². The van der Waals surface area contributed by atoms with Crippen LogP contribution in [0, 0.1) is 15.5 Å². The lowest BCUT2D eigenvalue weighted by molar-refractivity contribution is -0.384. The molecular weight excluding hydrogens is 246 g/mol. The Hall–Kier alpha value is -2.17. The number of nitro benzene ring substituents is 1. The average molecular weight is 263 g/mol. The molecule has 0 aromatic heterocycles. The van der Waals surface area contributed by atoms with Gasteiger partial charge in [-0.05, 0) is 44.5 Å². The van der Waals surface area contributed by atoms with Crippen molar-refractivity contribution in [2.24, 2.45) is 5.41 Å². The summed E-state index contributed by atoms with van der Waals surface area (Å²) in [5, 5.41) is 10.5. The standard InChI is InChI=1S/C14H17NO4/c1-14(2,3)13(16)19-10-4-5-11-6-8-12(9-7-11)15(17)18/h4-9H,10H2,1-3H3/b5-4+. The van der Waals surface area contributed by atoms with E-state index >= 15 is 0 Å². The van der Waals surface area contributed by atoms with Gasteiger partial charge in [0.25, 0.3) is 5.69 Å². The van der Waals surface area contributed by atoms with E-state index in [1.807, 2.05) is 0 Å². The summed E-state index contributed by atoms with van der Waals surface area (Å²) in [5.41, 5.74) is 0.356. The monoisotopic (exact) mass is 263 g/mol. The van der Waals surface area contributed by atoms with E-state index in [1.165, 1.54) is 12.1 Å². The van der Waals surface area contributed by atoms with Crippen molar-refractivity contribution < 1.29 is 14.5 Å². The predicted molar refractivity (Wildman–Crippen MR) is 72.5 cm³/mol. The molecule has 0 saturated heterocycles. The molecule has 0 aliphatic carbocycles. The van der Waals surface area contributed by atoms with Crippen molar-refractivity contribution >= 4 is 17.7 Å². The molecule has 0 N–H and O–H groups in total. The number of hydrogen-bond acceptors (Lipinski definition) is 4. The quantitative estimate of drug-likeness (QED) is 0.475. The zero-order chi connectivity index (χ0) is 14.5. The van der Waals surface area contributed by atoms with Crippen molar-refractivity contribution in [3.63, 3.8) is 0 Å². The first-order valence-corrected chi connectivity index (χ1v) is 5.89. The van der Waals surface area contributed by atoms with E-state index in [4.69, 9.17) is 4.74 Å². The van der Waals surface area contributed by atoms with Crippen molar-refractivity contribution in [1.82, 2.24) is 0 Å². The molecule has 0 radical (unpaired) electrons. The second-order valence-corrected chi connectivity index (χ2v) is 5.10. The fourth-order valence-electron chi connectivity index (χ4n) is 1.23. The molecule has 0 unspecified atom stereocenters. The van der Waals surface area contributed by atoms with Gasteiger partial charge in [-0.2, -0.15) is 0 Å². The van der Waals surface area contributed by atoms with E-state index in [-0.39, 0.29) is 18.3 Å². The highest BCUT2D eigenvalue weighted by Crippen LogP contribution is 2.15. The van der Waals surface area contributed by atoms with Gasteiger partial charge in [-0.1, -0.05) is 6.08 Å². The van der Waals surface area contributed by atoms with Gasteiger partial charge in [0.05, 0.1) is 10.3 Å². The van der Waals surface area contributed by atoms with E-state index in [1.54, 1.807) is 45.1 Å². The van der Waals surface area contributed by atoms with Gasteiger partial charge in [0.1, 0.15) is 6.61 Å². The maximum Gasteiger partial charge on any atom is 0.311 e. The summed E-state index contributed by atoms with van der Waals surface area (Å²) >= 11 is 0. The predicted octanol–water partition coefficient (Wildman–Crippen LogP) is 3.20. The lowest BCUT2D eigenvalue weighted by Crippen LogP contribution is -2.22. The maximum atomic E-state index is 11.5. The summed E-state index contributed by atoms with van der Waals surface area (Å²) in [5.74, 6) is -0.263. The number of carbonyl (C=O) groups excluding carboxylic acids is 1. The molecule has 102 valence electrons. The molecule has 1 aromatic rings. The van der Waals surface area contributed by atoms with Gasteiger partial charge in [0.2, 0.25) is 0 Å². The number of nitrogens with zero attached hydrogens (tertiary/aromatic N) is 1. The number of non-ortho nitro benzene ring substituents is 1. The summed E-state index contributed by atoms with van der Waals surface area (Å²) in [7, 11) is 0. The number of benzene rings is 1. The van der Waals surface area contributed by atoms with E-state index in [2.05, 4.69) is 0 Å². The number of ether oxygens (including phenoxy) is 1. The second-order valence-electron chi connectivity index (χ2n) is 5.10. The topological polar surface area (TPSA) is 69.4 Å². The van der Waals surface area contributed by atoms with Crippen molar-refractivity contribution in [2.75, 3.05) is 6.61 Å². The molecule has 0 heterocycles. The summed E-state index contributed by atoms with van der Waals surface area (Å²) < 4.78 is 5.06. The van der Waals surface area contributed by atoms with E-state index in [9.17, 15) is 14.9 Å². The zero-order valence-electron chi connectivity index (χ0n) is 11.3.